The van der Waals surface area contributed by atoms with E-state index in [1.54, 1.807) is 4.90 Å². The Labute approximate surface area is 298 Å². The first kappa shape index (κ1) is 38.1. The lowest BCUT2D eigenvalue weighted by molar-refractivity contribution is -0.144. The van der Waals surface area contributed by atoms with Crippen LogP contribution in [0.3, 0.4) is 0 Å². The average Bonchev–Trinajstić information content (AvgIpc) is 3.98. The van der Waals surface area contributed by atoms with E-state index in [1.807, 2.05) is 25.7 Å². The summed E-state index contributed by atoms with van der Waals surface area (Å²) in [6.07, 6.45) is 11.0. The summed E-state index contributed by atoms with van der Waals surface area (Å²) in [5.41, 5.74) is -0.907. The summed E-state index contributed by atoms with van der Waals surface area (Å²) in [6.45, 7) is 13.8. The van der Waals surface area contributed by atoms with Gasteiger partial charge in [0.1, 0.15) is 12.1 Å². The third-order valence-electron chi connectivity index (χ3n) is 11.9. The molecule has 0 aromatic heterocycles. The molecule has 2 saturated heterocycles. The number of carbonyl (C=O) groups is 6. The van der Waals surface area contributed by atoms with Crippen molar-refractivity contribution < 1.29 is 28.8 Å². The first-order valence-corrected chi connectivity index (χ1v) is 19.3. The number of piperidine rings is 1. The summed E-state index contributed by atoms with van der Waals surface area (Å²) < 4.78 is 0. The molecule has 280 valence electrons. The van der Waals surface area contributed by atoms with Crippen molar-refractivity contribution >= 4 is 35.4 Å². The standard InChI is InChI=1S/C38H62N6O6/c1-36(2,3)28(23-43-20-18-37(4,5)22-29(43)45)41-35(50)42-31(38(6)16-8-7-9-17-38)34(49)44-19-10-11-27(44)32(47)40-26(21-24-12-13-24)30(46)33(48)39-25-14-15-25/h24-28,31H,7-23H2,1-6H3,(H,39,48)(H,40,47)(H2,41,42,50)/t26?,27-,28+,31+/m0/s1. The third-order valence-corrected chi connectivity index (χ3v) is 11.9. The van der Waals surface area contributed by atoms with Crippen LogP contribution in [0.25, 0.3) is 0 Å². The molecule has 12 nitrogen and oxygen atoms in total. The number of amides is 6. The molecule has 3 aliphatic carbocycles. The van der Waals surface area contributed by atoms with Crippen molar-refractivity contribution in [1.82, 2.24) is 31.1 Å². The van der Waals surface area contributed by atoms with E-state index < -0.39 is 47.2 Å². The molecule has 6 amide bonds. The van der Waals surface area contributed by atoms with Crippen LogP contribution >= 0.6 is 0 Å². The van der Waals surface area contributed by atoms with Crippen molar-refractivity contribution in [3.63, 3.8) is 0 Å². The van der Waals surface area contributed by atoms with Crippen LogP contribution < -0.4 is 21.3 Å². The molecular formula is C38H62N6O6. The molecule has 5 aliphatic rings. The maximum Gasteiger partial charge on any atom is 0.315 e. The van der Waals surface area contributed by atoms with E-state index in [1.165, 1.54) is 0 Å². The lowest BCUT2D eigenvalue weighted by Gasteiger charge is -2.43. The molecule has 0 spiro atoms. The van der Waals surface area contributed by atoms with Gasteiger partial charge in [0.25, 0.3) is 5.91 Å². The Kier molecular flexibility index (Phi) is 11.6. The highest BCUT2D eigenvalue weighted by Gasteiger charge is 2.47. The fourth-order valence-corrected chi connectivity index (χ4v) is 7.93. The number of hydrogen-bond acceptors (Lipinski definition) is 6. The van der Waals surface area contributed by atoms with Crippen LogP contribution in [0.4, 0.5) is 4.79 Å². The van der Waals surface area contributed by atoms with Crippen LogP contribution in [0, 0.1) is 22.2 Å². The summed E-state index contributed by atoms with van der Waals surface area (Å²) >= 11 is 0. The maximum absolute atomic E-state index is 14.6. The predicted molar refractivity (Wildman–Crippen MR) is 190 cm³/mol. The third kappa shape index (κ3) is 9.78. The van der Waals surface area contributed by atoms with Gasteiger partial charge < -0.3 is 31.1 Å². The number of nitrogens with one attached hydrogen (secondary N) is 4. The summed E-state index contributed by atoms with van der Waals surface area (Å²) in [7, 11) is 0. The van der Waals surface area contributed by atoms with Crippen LogP contribution in [0.15, 0.2) is 0 Å². The SMILES string of the molecule is CC1(C)CCN(C[C@@H](NC(=O)N[C@H](C(=O)N2CCC[C@H]2C(=O)NC(CC2CC2)C(=O)C(=O)NC2CC2)C2(C)CCCCC2)C(C)(C)C)C(=O)C1. The largest absolute Gasteiger partial charge is 0.347 e. The van der Waals surface area contributed by atoms with E-state index in [9.17, 15) is 28.8 Å². The Morgan fingerprint density at radius 2 is 1.52 bits per heavy atom. The lowest BCUT2D eigenvalue weighted by Crippen LogP contribution is -2.63. The Hall–Kier alpha value is -3.18. The zero-order chi connectivity index (χ0) is 36.4. The van der Waals surface area contributed by atoms with E-state index in [0.29, 0.717) is 51.2 Å². The second kappa shape index (κ2) is 15.2. The summed E-state index contributed by atoms with van der Waals surface area (Å²) in [4.78, 5) is 84.5. The number of ketones is 1. The number of nitrogens with zero attached hydrogens (tertiary/aromatic N) is 2. The van der Waals surface area contributed by atoms with Crippen LogP contribution in [0.1, 0.15) is 131 Å². The van der Waals surface area contributed by atoms with Crippen molar-refractivity contribution in [1.29, 1.82) is 0 Å². The summed E-state index contributed by atoms with van der Waals surface area (Å²) in [5.74, 6) is -1.60. The van der Waals surface area contributed by atoms with Crippen LogP contribution in [0.2, 0.25) is 0 Å². The zero-order valence-electron chi connectivity index (χ0n) is 31.3. The van der Waals surface area contributed by atoms with Gasteiger partial charge in [0, 0.05) is 32.1 Å². The van der Waals surface area contributed by atoms with E-state index >= 15 is 0 Å². The highest BCUT2D eigenvalue weighted by Crippen LogP contribution is 2.40. The van der Waals surface area contributed by atoms with Crippen LogP contribution in [-0.2, 0) is 24.0 Å². The fraction of sp³-hybridized carbons (Fsp3) is 0.842. The minimum absolute atomic E-state index is 0.0350. The quantitative estimate of drug-likeness (QED) is 0.214. The maximum atomic E-state index is 14.6. The number of urea groups is 1. The second-order valence-electron chi connectivity index (χ2n) is 18.2. The molecule has 5 rings (SSSR count). The molecule has 5 fully saturated rings. The summed E-state index contributed by atoms with van der Waals surface area (Å²) in [5, 5.41) is 11.8. The Bertz CT molecular complexity index is 1310. The number of likely N-dealkylation sites (tertiary alicyclic amines) is 2. The van der Waals surface area contributed by atoms with E-state index in [2.05, 4.69) is 42.0 Å². The lowest BCUT2D eigenvalue weighted by atomic mass is 9.70. The van der Waals surface area contributed by atoms with Gasteiger partial charge in [0.05, 0.1) is 12.1 Å². The molecule has 2 heterocycles. The van der Waals surface area contributed by atoms with E-state index in [-0.39, 0.29) is 34.7 Å². The monoisotopic (exact) mass is 698 g/mol. The highest BCUT2D eigenvalue weighted by molar-refractivity contribution is 6.38. The Balaban J connectivity index is 1.29. The van der Waals surface area contributed by atoms with Gasteiger partial charge in [-0.1, -0.05) is 73.6 Å². The molecule has 50 heavy (non-hydrogen) atoms. The van der Waals surface area contributed by atoms with Gasteiger partial charge in [0.15, 0.2) is 0 Å². The van der Waals surface area contributed by atoms with Crippen molar-refractivity contribution in [2.24, 2.45) is 22.2 Å². The Morgan fingerprint density at radius 3 is 2.12 bits per heavy atom. The van der Waals surface area contributed by atoms with Gasteiger partial charge in [-0.2, -0.15) is 0 Å². The molecule has 2 aliphatic heterocycles. The van der Waals surface area contributed by atoms with Crippen LogP contribution in [0.5, 0.6) is 0 Å². The highest BCUT2D eigenvalue weighted by atomic mass is 16.2. The molecule has 0 aromatic carbocycles. The topological polar surface area (TPSA) is 157 Å². The van der Waals surface area contributed by atoms with Gasteiger partial charge in [-0.05, 0) is 73.5 Å². The normalized spacial score (nSPS) is 25.2. The summed E-state index contributed by atoms with van der Waals surface area (Å²) in [6, 6.07) is -3.35. The minimum atomic E-state index is -0.922. The number of Topliss-reactive ketones (excluding diaryl/α,β-unsaturated/α-hetero) is 1. The van der Waals surface area contributed by atoms with Crippen LogP contribution in [-0.4, -0.2) is 95.1 Å². The number of carbonyl (C=O) groups excluding carboxylic acids is 6. The molecule has 12 heteroatoms. The van der Waals surface area contributed by atoms with Gasteiger partial charge in [-0.3, -0.25) is 24.0 Å². The van der Waals surface area contributed by atoms with Crippen molar-refractivity contribution in [2.75, 3.05) is 19.6 Å². The molecule has 1 unspecified atom stereocenters. The predicted octanol–water partition coefficient (Wildman–Crippen LogP) is 3.81. The molecule has 4 atom stereocenters. The van der Waals surface area contributed by atoms with E-state index in [4.69, 9.17) is 0 Å². The molecule has 0 radical (unpaired) electrons. The minimum Gasteiger partial charge on any atom is -0.347 e. The van der Waals surface area contributed by atoms with Crippen molar-refractivity contribution in [3.05, 3.63) is 0 Å². The molecular weight excluding hydrogens is 636 g/mol. The van der Waals surface area contributed by atoms with Crippen molar-refractivity contribution in [3.8, 4) is 0 Å². The van der Waals surface area contributed by atoms with Gasteiger partial charge >= 0.3 is 6.03 Å². The molecule has 0 aromatic rings. The average molecular weight is 699 g/mol. The number of rotatable bonds is 13. The Morgan fingerprint density at radius 1 is 0.840 bits per heavy atom. The first-order chi connectivity index (χ1) is 23.5. The smallest absolute Gasteiger partial charge is 0.315 e. The van der Waals surface area contributed by atoms with Gasteiger partial charge in [0.2, 0.25) is 23.5 Å². The molecule has 4 N–H and O–H groups in total. The molecule has 3 saturated carbocycles. The number of hydrogen-bond donors (Lipinski definition) is 4. The second-order valence-corrected chi connectivity index (χ2v) is 18.2. The first-order valence-electron chi connectivity index (χ1n) is 19.3. The molecule has 0 bridgehead atoms. The van der Waals surface area contributed by atoms with Crippen molar-refractivity contribution in [2.45, 2.75) is 162 Å². The van der Waals surface area contributed by atoms with Gasteiger partial charge in [-0.25, -0.2) is 4.79 Å². The zero-order valence-corrected chi connectivity index (χ0v) is 31.3. The van der Waals surface area contributed by atoms with Gasteiger partial charge in [-0.15, -0.1) is 0 Å². The van der Waals surface area contributed by atoms with E-state index in [0.717, 1.165) is 64.2 Å². The fourth-order valence-electron chi connectivity index (χ4n) is 7.93.